The molecule has 0 radical (unpaired) electrons. The number of methoxy groups -OCH3 is 1. The number of benzene rings is 2. The highest BCUT2D eigenvalue weighted by Gasteiger charge is 2.22. The minimum atomic E-state index is -3.93. The van der Waals surface area contributed by atoms with Crippen LogP contribution in [0.15, 0.2) is 82.3 Å². The Morgan fingerprint density at radius 1 is 1.00 bits per heavy atom. The van der Waals surface area contributed by atoms with Crippen LogP contribution in [0, 0.1) is 0 Å². The molecule has 34 heavy (non-hydrogen) atoms. The summed E-state index contributed by atoms with van der Waals surface area (Å²) in [6.45, 7) is -0.303. The molecule has 0 spiro atoms. The van der Waals surface area contributed by atoms with Crippen LogP contribution < -0.4 is 14.8 Å². The number of hydrogen-bond acceptors (Lipinski definition) is 6. The predicted molar refractivity (Wildman–Crippen MR) is 125 cm³/mol. The highest BCUT2D eigenvalue weighted by Crippen LogP contribution is 2.15. The van der Waals surface area contributed by atoms with Crippen LogP contribution in [0.4, 0.5) is 0 Å². The second kappa shape index (κ2) is 12.0. The zero-order chi connectivity index (χ0) is 24.4. The summed E-state index contributed by atoms with van der Waals surface area (Å²) in [5.41, 5.74) is 1.08. The van der Waals surface area contributed by atoms with Crippen LogP contribution in [0.25, 0.3) is 0 Å². The van der Waals surface area contributed by atoms with Crippen molar-refractivity contribution in [2.75, 3.05) is 26.7 Å². The number of amides is 2. The predicted octanol–water partition coefficient (Wildman–Crippen LogP) is 1.95. The summed E-state index contributed by atoms with van der Waals surface area (Å²) in [5, 5.41) is 2.79. The van der Waals surface area contributed by atoms with E-state index in [2.05, 4.69) is 10.0 Å². The van der Waals surface area contributed by atoms with Crippen molar-refractivity contribution in [1.29, 1.82) is 0 Å². The number of sulfonamides is 1. The topological polar surface area (TPSA) is 118 Å². The van der Waals surface area contributed by atoms with Crippen LogP contribution in [0.5, 0.6) is 5.75 Å². The molecule has 0 atom stereocenters. The summed E-state index contributed by atoms with van der Waals surface area (Å²) >= 11 is 0. The highest BCUT2D eigenvalue weighted by molar-refractivity contribution is 7.89. The Kier molecular flexibility index (Phi) is 8.83. The molecule has 0 aliphatic carbocycles. The Morgan fingerprint density at radius 2 is 1.74 bits per heavy atom. The van der Waals surface area contributed by atoms with Gasteiger partial charge in [0.25, 0.3) is 0 Å². The zero-order valence-corrected chi connectivity index (χ0v) is 19.6. The third-order valence-corrected chi connectivity index (χ3v) is 6.39. The third kappa shape index (κ3) is 7.46. The van der Waals surface area contributed by atoms with E-state index in [4.69, 9.17) is 9.15 Å². The molecule has 3 aromatic rings. The first-order valence-corrected chi connectivity index (χ1v) is 12.1. The maximum absolute atomic E-state index is 12.8. The van der Waals surface area contributed by atoms with Gasteiger partial charge in [-0.15, -0.1) is 0 Å². The number of nitrogens with one attached hydrogen (secondary N) is 2. The maximum atomic E-state index is 12.8. The van der Waals surface area contributed by atoms with Crippen LogP contribution in [-0.2, 0) is 32.6 Å². The van der Waals surface area contributed by atoms with Crippen LogP contribution in [0.3, 0.4) is 0 Å². The molecular formula is C24H27N3O6S. The molecule has 2 aromatic carbocycles. The van der Waals surface area contributed by atoms with Crippen molar-refractivity contribution >= 4 is 21.8 Å². The van der Waals surface area contributed by atoms with Crippen LogP contribution in [-0.4, -0.2) is 51.9 Å². The van der Waals surface area contributed by atoms with Gasteiger partial charge in [-0.3, -0.25) is 9.59 Å². The molecule has 0 fully saturated rings. The molecular weight excluding hydrogens is 458 g/mol. The van der Waals surface area contributed by atoms with Gasteiger partial charge in [0.15, 0.2) is 0 Å². The first kappa shape index (κ1) is 25.0. The number of hydrogen-bond donors (Lipinski definition) is 2. The monoisotopic (exact) mass is 485 g/mol. The molecule has 0 aliphatic heterocycles. The fourth-order valence-corrected chi connectivity index (χ4v) is 4.12. The number of carbonyl (C=O) groups is 2. The molecule has 3 rings (SSSR count). The van der Waals surface area contributed by atoms with E-state index in [1.165, 1.54) is 42.5 Å². The molecule has 2 amide bonds. The molecule has 2 N–H and O–H groups in total. The molecule has 180 valence electrons. The van der Waals surface area contributed by atoms with Gasteiger partial charge < -0.3 is 19.4 Å². The minimum Gasteiger partial charge on any atom is -0.497 e. The molecule has 0 aliphatic rings. The summed E-state index contributed by atoms with van der Waals surface area (Å²) in [5.74, 6) is 0.0712. The van der Waals surface area contributed by atoms with Gasteiger partial charge in [0.1, 0.15) is 18.1 Å². The highest BCUT2D eigenvalue weighted by atomic mass is 32.2. The minimum absolute atomic E-state index is 0.00246. The normalized spacial score (nSPS) is 11.1. The Hall–Kier alpha value is -3.63. The summed E-state index contributed by atoms with van der Waals surface area (Å²) in [4.78, 5) is 26.6. The molecule has 10 heteroatoms. The van der Waals surface area contributed by atoms with E-state index in [9.17, 15) is 18.0 Å². The van der Waals surface area contributed by atoms with Crippen LogP contribution >= 0.6 is 0 Å². The van der Waals surface area contributed by atoms with Gasteiger partial charge >= 0.3 is 0 Å². The summed E-state index contributed by atoms with van der Waals surface area (Å²) < 4.78 is 37.7. The van der Waals surface area contributed by atoms with Crippen molar-refractivity contribution in [2.24, 2.45) is 0 Å². The van der Waals surface area contributed by atoms with Gasteiger partial charge in [-0.05, 0) is 48.4 Å². The largest absolute Gasteiger partial charge is 0.497 e. The van der Waals surface area contributed by atoms with E-state index in [0.29, 0.717) is 24.5 Å². The first-order valence-electron chi connectivity index (χ1n) is 10.6. The Balaban J connectivity index is 1.58. The average Bonchev–Trinajstić information content (AvgIpc) is 3.36. The smallest absolute Gasteiger partial charge is 0.241 e. The molecule has 1 heterocycles. The maximum Gasteiger partial charge on any atom is 0.241 e. The second-order valence-corrected chi connectivity index (χ2v) is 9.18. The van der Waals surface area contributed by atoms with E-state index in [-0.39, 0.29) is 23.9 Å². The Morgan fingerprint density at radius 3 is 2.38 bits per heavy atom. The van der Waals surface area contributed by atoms with Crippen LogP contribution in [0.1, 0.15) is 11.3 Å². The van der Waals surface area contributed by atoms with Crippen molar-refractivity contribution in [2.45, 2.75) is 17.9 Å². The lowest BCUT2D eigenvalue weighted by molar-refractivity contribution is -0.135. The fourth-order valence-electron chi connectivity index (χ4n) is 3.15. The van der Waals surface area contributed by atoms with Gasteiger partial charge in [0.2, 0.25) is 21.8 Å². The number of rotatable bonds is 12. The Labute approximate surface area is 198 Å². The molecule has 1 aromatic heterocycles. The molecule has 0 saturated carbocycles. The van der Waals surface area contributed by atoms with E-state index >= 15 is 0 Å². The van der Waals surface area contributed by atoms with E-state index < -0.39 is 22.5 Å². The lowest BCUT2D eigenvalue weighted by atomic mass is 10.1. The van der Waals surface area contributed by atoms with E-state index in [1.54, 1.807) is 12.1 Å². The van der Waals surface area contributed by atoms with Gasteiger partial charge in [-0.25, -0.2) is 13.1 Å². The summed E-state index contributed by atoms with van der Waals surface area (Å²) in [6, 6.07) is 18.8. The summed E-state index contributed by atoms with van der Waals surface area (Å²) in [7, 11) is -2.45. The van der Waals surface area contributed by atoms with Crippen molar-refractivity contribution in [3.05, 3.63) is 84.3 Å². The van der Waals surface area contributed by atoms with E-state index in [0.717, 1.165) is 5.56 Å². The molecule has 0 bridgehead atoms. The third-order valence-electron chi connectivity index (χ3n) is 4.98. The zero-order valence-electron chi connectivity index (χ0n) is 18.8. The standard InChI is InChI=1S/C24H27N3O6S/c1-32-20-9-11-22(12-10-20)34(30,31)26-16-24(29)27(17-21-8-5-15-33-21)18-23(28)25-14-13-19-6-3-2-4-7-19/h2-12,15,26H,13-14,16-18H2,1H3,(H,25,28). The van der Waals surface area contributed by atoms with Crippen molar-refractivity contribution < 1.29 is 27.2 Å². The quantitative estimate of drug-likeness (QED) is 0.405. The molecule has 0 saturated heterocycles. The number of furan rings is 1. The first-order chi connectivity index (χ1) is 16.4. The number of nitrogens with zero attached hydrogens (tertiary/aromatic N) is 1. The number of carbonyl (C=O) groups excluding carboxylic acids is 2. The van der Waals surface area contributed by atoms with Crippen molar-refractivity contribution in [3.8, 4) is 5.75 Å². The fraction of sp³-hybridized carbons (Fsp3) is 0.250. The lowest BCUT2D eigenvalue weighted by Crippen LogP contribution is -2.45. The van der Waals surface area contributed by atoms with Gasteiger partial charge in [0, 0.05) is 6.54 Å². The number of ether oxygens (including phenoxy) is 1. The second-order valence-electron chi connectivity index (χ2n) is 7.41. The average molecular weight is 486 g/mol. The lowest BCUT2D eigenvalue weighted by Gasteiger charge is -2.21. The van der Waals surface area contributed by atoms with Gasteiger partial charge in [0.05, 0.1) is 31.4 Å². The van der Waals surface area contributed by atoms with Gasteiger partial charge in [-0.2, -0.15) is 0 Å². The van der Waals surface area contributed by atoms with Crippen molar-refractivity contribution in [3.63, 3.8) is 0 Å². The van der Waals surface area contributed by atoms with Gasteiger partial charge in [-0.1, -0.05) is 30.3 Å². The Bertz CT molecular complexity index is 1160. The van der Waals surface area contributed by atoms with Crippen LogP contribution in [0.2, 0.25) is 0 Å². The molecule has 9 nitrogen and oxygen atoms in total. The SMILES string of the molecule is COc1ccc(S(=O)(=O)NCC(=O)N(CC(=O)NCCc2ccccc2)Cc2ccco2)cc1. The molecule has 0 unspecified atom stereocenters. The van der Waals surface area contributed by atoms with Crippen molar-refractivity contribution in [1.82, 2.24) is 14.9 Å². The summed E-state index contributed by atoms with van der Waals surface area (Å²) in [6.07, 6.45) is 2.12. The van der Waals surface area contributed by atoms with E-state index in [1.807, 2.05) is 30.3 Å².